The molecule has 0 bridgehead atoms. The van der Waals surface area contributed by atoms with Gasteiger partial charge in [-0.05, 0) is 52.2 Å². The van der Waals surface area contributed by atoms with Gasteiger partial charge in [0.15, 0.2) is 5.58 Å². The van der Waals surface area contributed by atoms with Gasteiger partial charge in [0.2, 0.25) is 0 Å². The second-order valence-corrected chi connectivity index (χ2v) is 7.56. The van der Waals surface area contributed by atoms with Crippen LogP contribution in [0.2, 0.25) is 0 Å². The van der Waals surface area contributed by atoms with Crippen molar-refractivity contribution in [3.8, 4) is 0 Å². The highest BCUT2D eigenvalue weighted by Gasteiger charge is 2.15. The molecule has 98 valence electrons. The van der Waals surface area contributed by atoms with Crippen LogP contribution in [0.1, 0.15) is 20.8 Å². The molecule has 2 heterocycles. The molecule has 1 aromatic carbocycles. The van der Waals surface area contributed by atoms with Crippen molar-refractivity contribution in [2.24, 2.45) is 0 Å². The Bertz CT molecular complexity index is 783. The number of hydrogen-bond donors (Lipinski definition) is 1. The number of halogens is 2. The number of oxazole rings is 1. The second kappa shape index (κ2) is 4.92. The van der Waals surface area contributed by atoms with Crippen molar-refractivity contribution in [2.75, 3.05) is 0 Å². The van der Waals surface area contributed by atoms with Crippen LogP contribution in [0.5, 0.6) is 0 Å². The monoisotopic (exact) mass is 401 g/mol. The number of fused-ring (bicyclic) bond motifs is 1. The third kappa shape index (κ3) is 2.44. The minimum absolute atomic E-state index is 0.0899. The number of aromatic nitrogens is 1. The minimum atomic E-state index is -0.423. The zero-order valence-electron chi connectivity index (χ0n) is 9.87. The Kier molecular flexibility index (Phi) is 3.41. The Morgan fingerprint density at radius 3 is 2.84 bits per heavy atom. The molecule has 0 aliphatic rings. The summed E-state index contributed by atoms with van der Waals surface area (Å²) in [5.41, 5.74) is 3.58. The molecule has 19 heavy (non-hydrogen) atoms. The minimum Gasteiger partial charge on any atom is -0.408 e. The Hall–Kier alpha value is -0.850. The van der Waals surface area contributed by atoms with E-state index in [1.165, 1.54) is 10.4 Å². The third-order valence-electron chi connectivity index (χ3n) is 2.86. The van der Waals surface area contributed by atoms with Crippen molar-refractivity contribution < 1.29 is 4.42 Å². The predicted octanol–water partition coefficient (Wildman–Crippen LogP) is 4.74. The third-order valence-corrected chi connectivity index (χ3v) is 6.39. The van der Waals surface area contributed by atoms with Crippen LogP contribution in [-0.4, -0.2) is 4.98 Å². The van der Waals surface area contributed by atoms with Crippen LogP contribution < -0.4 is 5.76 Å². The number of aromatic amines is 1. The summed E-state index contributed by atoms with van der Waals surface area (Å²) in [6, 6.07) is 7.87. The number of H-pyrrole nitrogens is 1. The summed E-state index contributed by atoms with van der Waals surface area (Å²) in [5, 5.41) is 0. The Morgan fingerprint density at radius 2 is 2.16 bits per heavy atom. The summed E-state index contributed by atoms with van der Waals surface area (Å²) >= 11 is 8.92. The molecule has 0 radical (unpaired) electrons. The molecule has 0 amide bonds. The van der Waals surface area contributed by atoms with Crippen LogP contribution in [0.3, 0.4) is 0 Å². The molecule has 3 nitrogen and oxygen atoms in total. The summed E-state index contributed by atoms with van der Waals surface area (Å²) in [7, 11) is 0. The average molecular weight is 403 g/mol. The van der Waals surface area contributed by atoms with E-state index in [1.54, 1.807) is 11.3 Å². The quantitative estimate of drug-likeness (QED) is 0.629. The average Bonchev–Trinajstić information content (AvgIpc) is 2.90. The fourth-order valence-corrected chi connectivity index (χ4v) is 4.17. The van der Waals surface area contributed by atoms with E-state index in [4.69, 9.17) is 4.42 Å². The van der Waals surface area contributed by atoms with Gasteiger partial charge in [-0.15, -0.1) is 11.3 Å². The van der Waals surface area contributed by atoms with Crippen molar-refractivity contribution in [3.63, 3.8) is 0 Å². The van der Waals surface area contributed by atoms with Gasteiger partial charge in [0, 0.05) is 4.88 Å². The van der Waals surface area contributed by atoms with Gasteiger partial charge in [0.1, 0.15) is 0 Å². The van der Waals surface area contributed by atoms with Crippen molar-refractivity contribution >= 4 is 54.3 Å². The number of aryl methyl sites for hydroxylation is 1. The molecule has 0 saturated carbocycles. The number of benzene rings is 1. The van der Waals surface area contributed by atoms with Crippen LogP contribution in [0.4, 0.5) is 0 Å². The zero-order valence-corrected chi connectivity index (χ0v) is 13.9. The first-order valence-corrected chi connectivity index (χ1v) is 8.10. The molecule has 0 spiro atoms. The van der Waals surface area contributed by atoms with E-state index in [0.29, 0.717) is 5.58 Å². The van der Waals surface area contributed by atoms with E-state index in [2.05, 4.69) is 49.8 Å². The predicted molar refractivity (Wildman–Crippen MR) is 84.4 cm³/mol. The summed E-state index contributed by atoms with van der Waals surface area (Å²) in [6.07, 6.45) is 0. The van der Waals surface area contributed by atoms with Crippen molar-refractivity contribution in [3.05, 3.63) is 54.6 Å². The number of thiophene rings is 1. The van der Waals surface area contributed by atoms with Crippen molar-refractivity contribution in [1.29, 1.82) is 0 Å². The molecule has 3 rings (SSSR count). The molecular formula is C13H9Br2NO2S. The summed E-state index contributed by atoms with van der Waals surface area (Å²) < 4.78 is 6.23. The summed E-state index contributed by atoms with van der Waals surface area (Å²) in [5.74, 6) is -0.423. The normalized spacial score (nSPS) is 13.0. The standard InChI is InChI=1S/C13H9Br2NO2S/c1-6-4-10(19-12(6)15)11(14)7-2-3-8-9(5-7)18-13(17)16-8/h2-5,11H,1H3,(H,16,17). The van der Waals surface area contributed by atoms with Gasteiger partial charge in [-0.3, -0.25) is 4.98 Å². The highest BCUT2D eigenvalue weighted by Crippen LogP contribution is 2.39. The molecule has 0 saturated heterocycles. The van der Waals surface area contributed by atoms with Gasteiger partial charge in [0.05, 0.1) is 14.1 Å². The molecule has 6 heteroatoms. The lowest BCUT2D eigenvalue weighted by Gasteiger charge is -2.07. The molecule has 0 fully saturated rings. The Morgan fingerprint density at radius 1 is 1.37 bits per heavy atom. The molecule has 2 aromatic heterocycles. The lowest BCUT2D eigenvalue weighted by Crippen LogP contribution is -1.92. The summed E-state index contributed by atoms with van der Waals surface area (Å²) in [6.45, 7) is 2.07. The Balaban J connectivity index is 2.05. The van der Waals surface area contributed by atoms with Crippen molar-refractivity contribution in [1.82, 2.24) is 4.98 Å². The van der Waals surface area contributed by atoms with Crippen LogP contribution >= 0.6 is 43.2 Å². The van der Waals surface area contributed by atoms with Crippen LogP contribution in [0.25, 0.3) is 11.1 Å². The van der Waals surface area contributed by atoms with Gasteiger partial charge in [-0.2, -0.15) is 0 Å². The highest BCUT2D eigenvalue weighted by atomic mass is 79.9. The van der Waals surface area contributed by atoms with Crippen LogP contribution in [0.15, 0.2) is 37.3 Å². The molecule has 3 aromatic rings. The van der Waals surface area contributed by atoms with Gasteiger partial charge < -0.3 is 4.42 Å². The fourth-order valence-electron chi connectivity index (χ4n) is 1.89. The van der Waals surface area contributed by atoms with E-state index < -0.39 is 5.76 Å². The first-order valence-electron chi connectivity index (χ1n) is 5.57. The molecule has 0 aliphatic heterocycles. The number of hydrogen-bond acceptors (Lipinski definition) is 3. The zero-order chi connectivity index (χ0) is 13.6. The SMILES string of the molecule is Cc1cc(C(Br)c2ccc3[nH]c(=O)oc3c2)sc1Br. The van der Waals surface area contributed by atoms with Crippen molar-refractivity contribution in [2.45, 2.75) is 11.8 Å². The number of nitrogens with one attached hydrogen (secondary N) is 1. The van der Waals surface area contributed by atoms with Gasteiger partial charge in [-0.25, -0.2) is 4.79 Å². The lowest BCUT2D eigenvalue weighted by molar-refractivity contribution is 0.555. The van der Waals surface area contributed by atoms with Gasteiger partial charge in [0.25, 0.3) is 0 Å². The van der Waals surface area contributed by atoms with Crippen LogP contribution in [0, 0.1) is 6.92 Å². The first-order chi connectivity index (χ1) is 9.04. The molecule has 1 atom stereocenters. The lowest BCUT2D eigenvalue weighted by atomic mass is 10.1. The highest BCUT2D eigenvalue weighted by molar-refractivity contribution is 9.11. The van der Waals surface area contributed by atoms with E-state index in [-0.39, 0.29) is 4.83 Å². The second-order valence-electron chi connectivity index (χ2n) is 4.24. The maximum Gasteiger partial charge on any atom is 0.417 e. The molecule has 0 aliphatic carbocycles. The number of alkyl halides is 1. The topological polar surface area (TPSA) is 46.0 Å². The van der Waals surface area contributed by atoms with Gasteiger partial charge in [-0.1, -0.05) is 22.0 Å². The first kappa shape index (κ1) is 13.1. The van der Waals surface area contributed by atoms with E-state index >= 15 is 0 Å². The maximum absolute atomic E-state index is 11.1. The van der Waals surface area contributed by atoms with Gasteiger partial charge >= 0.3 is 5.76 Å². The maximum atomic E-state index is 11.1. The Labute approximate surface area is 129 Å². The van der Waals surface area contributed by atoms with Crippen LogP contribution in [-0.2, 0) is 0 Å². The van der Waals surface area contributed by atoms with E-state index in [1.807, 2.05) is 18.2 Å². The fraction of sp³-hybridized carbons (Fsp3) is 0.154. The largest absolute Gasteiger partial charge is 0.417 e. The molecule has 1 unspecified atom stereocenters. The van der Waals surface area contributed by atoms with E-state index in [0.717, 1.165) is 14.9 Å². The summed E-state index contributed by atoms with van der Waals surface area (Å²) in [4.78, 5) is 15.1. The number of rotatable bonds is 2. The molecular weight excluding hydrogens is 394 g/mol. The van der Waals surface area contributed by atoms with E-state index in [9.17, 15) is 4.79 Å². The molecule has 1 N–H and O–H groups in total. The smallest absolute Gasteiger partial charge is 0.408 e.